The number of hydrogen-bond acceptors (Lipinski definition) is 2. The number of fused-ring (bicyclic) bond motifs is 1. The van der Waals surface area contributed by atoms with Crippen LogP contribution in [0, 0.1) is 11.8 Å². The van der Waals surface area contributed by atoms with Gasteiger partial charge in [0.2, 0.25) is 0 Å². The first kappa shape index (κ1) is 13.2. The van der Waals surface area contributed by atoms with Crippen LogP contribution in [0.25, 0.3) is 0 Å². The molecule has 5 heteroatoms. The van der Waals surface area contributed by atoms with Crippen LogP contribution in [-0.2, 0) is 4.79 Å². The third kappa shape index (κ3) is 2.44. The van der Waals surface area contributed by atoms with Gasteiger partial charge in [0, 0.05) is 13.1 Å². The SMILES string of the molecule is CCCCNC(=O)N1CC2CCCC2C1C(=O)O. The summed E-state index contributed by atoms with van der Waals surface area (Å²) in [5.41, 5.74) is 0. The molecule has 2 aliphatic rings. The van der Waals surface area contributed by atoms with Crippen LogP contribution in [0.4, 0.5) is 4.79 Å². The van der Waals surface area contributed by atoms with Gasteiger partial charge >= 0.3 is 12.0 Å². The normalized spacial score (nSPS) is 30.3. The third-order valence-corrected chi connectivity index (χ3v) is 4.21. The summed E-state index contributed by atoms with van der Waals surface area (Å²) < 4.78 is 0. The number of carbonyl (C=O) groups is 2. The lowest BCUT2D eigenvalue weighted by Crippen LogP contribution is -2.48. The van der Waals surface area contributed by atoms with Crippen molar-refractivity contribution < 1.29 is 14.7 Å². The van der Waals surface area contributed by atoms with Gasteiger partial charge in [0.05, 0.1) is 0 Å². The molecule has 1 aliphatic carbocycles. The van der Waals surface area contributed by atoms with E-state index in [2.05, 4.69) is 12.2 Å². The predicted molar refractivity (Wildman–Crippen MR) is 67.3 cm³/mol. The van der Waals surface area contributed by atoms with E-state index in [1.807, 2.05) is 0 Å². The molecule has 2 N–H and O–H groups in total. The van der Waals surface area contributed by atoms with Gasteiger partial charge in [0.1, 0.15) is 6.04 Å². The van der Waals surface area contributed by atoms with Crippen molar-refractivity contribution in [1.29, 1.82) is 0 Å². The first-order chi connectivity index (χ1) is 8.65. The quantitative estimate of drug-likeness (QED) is 0.750. The van der Waals surface area contributed by atoms with Crippen LogP contribution in [0.5, 0.6) is 0 Å². The molecular weight excluding hydrogens is 232 g/mol. The lowest BCUT2D eigenvalue weighted by atomic mass is 9.94. The van der Waals surface area contributed by atoms with Gasteiger partial charge in [0.15, 0.2) is 0 Å². The second-order valence-electron chi connectivity index (χ2n) is 5.38. The molecule has 1 saturated carbocycles. The van der Waals surface area contributed by atoms with E-state index in [0.29, 0.717) is 19.0 Å². The molecule has 0 bridgehead atoms. The molecule has 2 fully saturated rings. The van der Waals surface area contributed by atoms with Gasteiger partial charge in [-0.25, -0.2) is 9.59 Å². The Balaban J connectivity index is 1.98. The van der Waals surface area contributed by atoms with Crippen LogP contribution < -0.4 is 5.32 Å². The minimum atomic E-state index is -0.852. The average Bonchev–Trinajstić information content (AvgIpc) is 2.87. The summed E-state index contributed by atoms with van der Waals surface area (Å²) in [6, 6.07) is -0.815. The molecule has 0 spiro atoms. The Kier molecular flexibility index (Phi) is 4.09. The Morgan fingerprint density at radius 2 is 2.17 bits per heavy atom. The number of hydrogen-bond donors (Lipinski definition) is 2. The first-order valence-corrected chi connectivity index (χ1v) is 6.92. The number of nitrogens with one attached hydrogen (secondary N) is 1. The molecule has 2 amide bonds. The molecule has 102 valence electrons. The summed E-state index contributed by atoms with van der Waals surface area (Å²) >= 11 is 0. The number of aliphatic carboxylic acids is 1. The topological polar surface area (TPSA) is 69.6 Å². The van der Waals surface area contributed by atoms with Crippen LogP contribution >= 0.6 is 0 Å². The lowest BCUT2D eigenvalue weighted by Gasteiger charge is -2.24. The third-order valence-electron chi connectivity index (χ3n) is 4.21. The van der Waals surface area contributed by atoms with E-state index in [4.69, 9.17) is 0 Å². The van der Waals surface area contributed by atoms with Crippen molar-refractivity contribution in [3.05, 3.63) is 0 Å². The van der Waals surface area contributed by atoms with Gasteiger partial charge in [-0.15, -0.1) is 0 Å². The van der Waals surface area contributed by atoms with E-state index in [1.165, 1.54) is 4.90 Å². The smallest absolute Gasteiger partial charge is 0.326 e. The highest BCUT2D eigenvalue weighted by atomic mass is 16.4. The van der Waals surface area contributed by atoms with Gasteiger partial charge in [-0.05, 0) is 31.1 Å². The van der Waals surface area contributed by atoms with Crippen molar-refractivity contribution in [2.24, 2.45) is 11.8 Å². The molecule has 3 atom stereocenters. The molecule has 0 aromatic rings. The van der Waals surface area contributed by atoms with E-state index in [9.17, 15) is 14.7 Å². The molecule has 3 unspecified atom stereocenters. The van der Waals surface area contributed by atoms with Gasteiger partial charge in [-0.1, -0.05) is 19.8 Å². The number of likely N-dealkylation sites (tertiary alicyclic amines) is 1. The molecule has 1 heterocycles. The molecule has 18 heavy (non-hydrogen) atoms. The minimum Gasteiger partial charge on any atom is -0.480 e. The predicted octanol–water partition coefficient (Wildman–Crippen LogP) is 1.68. The summed E-state index contributed by atoms with van der Waals surface area (Å²) in [5, 5.41) is 12.2. The highest BCUT2D eigenvalue weighted by Gasteiger charge is 2.49. The molecule has 1 aliphatic heterocycles. The zero-order valence-electron chi connectivity index (χ0n) is 10.9. The zero-order chi connectivity index (χ0) is 13.1. The maximum Gasteiger partial charge on any atom is 0.326 e. The average molecular weight is 254 g/mol. The van der Waals surface area contributed by atoms with Crippen LogP contribution in [0.3, 0.4) is 0 Å². The number of nitrogens with zero attached hydrogens (tertiary/aromatic N) is 1. The Labute approximate surface area is 108 Å². The monoisotopic (exact) mass is 254 g/mol. The maximum absolute atomic E-state index is 12.0. The minimum absolute atomic E-state index is 0.166. The van der Waals surface area contributed by atoms with Crippen molar-refractivity contribution in [3.8, 4) is 0 Å². The number of carbonyl (C=O) groups excluding carboxylic acids is 1. The Morgan fingerprint density at radius 3 is 2.83 bits per heavy atom. The van der Waals surface area contributed by atoms with Crippen molar-refractivity contribution >= 4 is 12.0 Å². The van der Waals surface area contributed by atoms with Gasteiger partial charge in [-0.2, -0.15) is 0 Å². The number of rotatable bonds is 4. The second kappa shape index (κ2) is 5.59. The Bertz CT molecular complexity index is 332. The first-order valence-electron chi connectivity index (χ1n) is 6.92. The summed E-state index contributed by atoms with van der Waals surface area (Å²) in [6.45, 7) is 3.31. The summed E-state index contributed by atoms with van der Waals surface area (Å²) in [6.07, 6.45) is 5.07. The molecule has 1 saturated heterocycles. The van der Waals surface area contributed by atoms with E-state index in [-0.39, 0.29) is 11.9 Å². The van der Waals surface area contributed by atoms with Crippen molar-refractivity contribution in [1.82, 2.24) is 10.2 Å². The van der Waals surface area contributed by atoms with Crippen LogP contribution in [0.15, 0.2) is 0 Å². The molecular formula is C13H22N2O3. The molecule has 0 aromatic carbocycles. The lowest BCUT2D eigenvalue weighted by molar-refractivity contribution is -0.142. The van der Waals surface area contributed by atoms with Crippen molar-refractivity contribution in [3.63, 3.8) is 0 Å². The highest BCUT2D eigenvalue weighted by Crippen LogP contribution is 2.42. The molecule has 2 rings (SSSR count). The number of carboxylic acids is 1. The summed E-state index contributed by atoms with van der Waals surface area (Å²) in [4.78, 5) is 24.9. The van der Waals surface area contributed by atoms with Crippen LogP contribution in [-0.4, -0.2) is 41.1 Å². The van der Waals surface area contributed by atoms with E-state index < -0.39 is 12.0 Å². The van der Waals surface area contributed by atoms with Gasteiger partial charge < -0.3 is 15.3 Å². The van der Waals surface area contributed by atoms with Crippen molar-refractivity contribution in [2.75, 3.05) is 13.1 Å². The maximum atomic E-state index is 12.0. The fourth-order valence-electron chi connectivity index (χ4n) is 3.30. The van der Waals surface area contributed by atoms with E-state index in [1.54, 1.807) is 0 Å². The Hall–Kier alpha value is -1.26. The van der Waals surface area contributed by atoms with Crippen molar-refractivity contribution in [2.45, 2.75) is 45.1 Å². The summed E-state index contributed by atoms with van der Waals surface area (Å²) in [5.74, 6) is -0.294. The molecule has 0 aromatic heterocycles. The van der Waals surface area contributed by atoms with Crippen LogP contribution in [0.2, 0.25) is 0 Å². The van der Waals surface area contributed by atoms with Crippen LogP contribution in [0.1, 0.15) is 39.0 Å². The fraction of sp³-hybridized carbons (Fsp3) is 0.846. The number of unbranched alkanes of at least 4 members (excludes halogenated alkanes) is 1. The largest absolute Gasteiger partial charge is 0.480 e. The Morgan fingerprint density at radius 1 is 1.39 bits per heavy atom. The molecule has 5 nitrogen and oxygen atoms in total. The zero-order valence-corrected chi connectivity index (χ0v) is 10.9. The number of urea groups is 1. The standard InChI is InChI=1S/C13H22N2O3/c1-2-3-7-14-13(18)15-8-9-5-4-6-10(9)11(15)12(16)17/h9-11H,2-8H2,1H3,(H,14,18)(H,16,17). The van der Waals surface area contributed by atoms with Gasteiger partial charge in [0.25, 0.3) is 0 Å². The van der Waals surface area contributed by atoms with Gasteiger partial charge in [-0.3, -0.25) is 0 Å². The van der Waals surface area contributed by atoms with E-state index >= 15 is 0 Å². The van der Waals surface area contributed by atoms with E-state index in [0.717, 1.165) is 32.1 Å². The number of carboxylic acid groups (broad SMARTS) is 1. The summed E-state index contributed by atoms with van der Waals surface area (Å²) in [7, 11) is 0. The number of amides is 2. The second-order valence-corrected chi connectivity index (χ2v) is 5.38. The molecule has 0 radical (unpaired) electrons. The highest BCUT2D eigenvalue weighted by molar-refractivity contribution is 5.83. The fourth-order valence-corrected chi connectivity index (χ4v) is 3.30.